The fraction of sp³-hybridized carbons (Fsp3) is 0.231. The van der Waals surface area contributed by atoms with E-state index in [1.807, 2.05) is 13.0 Å². The predicted molar refractivity (Wildman–Crippen MR) is 79.1 cm³/mol. The minimum atomic E-state index is -1.50. The van der Waals surface area contributed by atoms with Crippen molar-refractivity contribution in [2.24, 2.45) is 0 Å². The Hall–Kier alpha value is -1.57. The summed E-state index contributed by atoms with van der Waals surface area (Å²) in [7, 11) is 0.0697. The molecule has 2 aromatic rings. The molecule has 0 amide bonds. The summed E-state index contributed by atoms with van der Waals surface area (Å²) in [6.07, 6.45) is 1.71. The van der Waals surface area contributed by atoms with Crippen molar-refractivity contribution in [1.82, 2.24) is 9.97 Å². The van der Waals surface area contributed by atoms with Crippen LogP contribution >= 0.6 is 11.8 Å². The highest BCUT2D eigenvalue weighted by molar-refractivity contribution is 7.98. The third kappa shape index (κ3) is 3.72. The summed E-state index contributed by atoms with van der Waals surface area (Å²) in [4.78, 5) is 8.47. The topological polar surface area (TPSA) is 75.5 Å². The molecule has 0 radical (unpaired) electrons. The van der Waals surface area contributed by atoms with E-state index >= 15 is 0 Å². The molecule has 7 heteroatoms. The summed E-state index contributed by atoms with van der Waals surface area (Å²) in [6, 6.07) is 6.97. The molecule has 0 fully saturated rings. The lowest BCUT2D eigenvalue weighted by molar-refractivity contribution is 0.413. The number of benzene rings is 1. The first-order chi connectivity index (χ1) is 9.60. The van der Waals surface area contributed by atoms with Crippen molar-refractivity contribution in [3.8, 4) is 5.75 Å². The average Bonchev–Trinajstić information content (AvgIpc) is 2.44. The quantitative estimate of drug-likeness (QED) is 0.481. The van der Waals surface area contributed by atoms with Gasteiger partial charge in [0.05, 0.1) is 7.11 Å². The zero-order chi connectivity index (χ0) is 14.5. The van der Waals surface area contributed by atoms with Crippen molar-refractivity contribution in [2.45, 2.75) is 17.8 Å². The molecule has 0 unspecified atom stereocenters. The molecule has 2 rings (SSSR count). The highest BCUT2D eigenvalue weighted by atomic mass is 32.2. The van der Waals surface area contributed by atoms with Gasteiger partial charge in [-0.25, -0.2) is 9.97 Å². The molecule has 0 atom stereocenters. The summed E-state index contributed by atoms with van der Waals surface area (Å²) in [5, 5.41) is 19.4. The van der Waals surface area contributed by atoms with E-state index in [1.165, 1.54) is 11.8 Å². The SMILES string of the molecule is COc1ccc(B(O)O)c(CSc2nccc(C)n2)c1. The molecule has 0 aliphatic rings. The second-order valence-electron chi connectivity index (χ2n) is 4.21. The minimum Gasteiger partial charge on any atom is -0.497 e. The molecular weight excluding hydrogens is 275 g/mol. The lowest BCUT2D eigenvalue weighted by Crippen LogP contribution is -2.32. The zero-order valence-corrected chi connectivity index (χ0v) is 12.1. The van der Waals surface area contributed by atoms with E-state index in [9.17, 15) is 10.0 Å². The minimum absolute atomic E-state index is 0.464. The van der Waals surface area contributed by atoms with Crippen LogP contribution in [-0.2, 0) is 5.75 Å². The zero-order valence-electron chi connectivity index (χ0n) is 11.3. The first kappa shape index (κ1) is 14.8. The number of hydrogen-bond donors (Lipinski definition) is 2. The number of nitrogens with zero attached hydrogens (tertiary/aromatic N) is 2. The Morgan fingerprint density at radius 2 is 2.10 bits per heavy atom. The average molecular weight is 290 g/mol. The number of methoxy groups -OCH3 is 1. The summed E-state index contributed by atoms with van der Waals surface area (Å²) in [6.45, 7) is 1.90. The highest BCUT2D eigenvalue weighted by Gasteiger charge is 2.17. The van der Waals surface area contributed by atoms with Gasteiger partial charge in [-0.05, 0) is 36.1 Å². The Kier molecular flexibility index (Phi) is 5.00. The maximum absolute atomic E-state index is 9.38. The second-order valence-corrected chi connectivity index (χ2v) is 5.15. The molecule has 0 spiro atoms. The monoisotopic (exact) mass is 290 g/mol. The van der Waals surface area contributed by atoms with Crippen LogP contribution in [0.2, 0.25) is 0 Å². The number of ether oxygens (including phenoxy) is 1. The van der Waals surface area contributed by atoms with Crippen molar-refractivity contribution in [3.63, 3.8) is 0 Å². The van der Waals surface area contributed by atoms with Crippen molar-refractivity contribution in [1.29, 1.82) is 0 Å². The van der Waals surface area contributed by atoms with Gasteiger partial charge in [-0.15, -0.1) is 0 Å². The van der Waals surface area contributed by atoms with Gasteiger partial charge in [0.15, 0.2) is 5.16 Å². The molecule has 0 bridgehead atoms. The molecule has 20 heavy (non-hydrogen) atoms. The van der Waals surface area contributed by atoms with E-state index in [0.29, 0.717) is 22.1 Å². The van der Waals surface area contributed by atoms with Gasteiger partial charge in [0, 0.05) is 17.6 Å². The van der Waals surface area contributed by atoms with Crippen LogP contribution in [0.5, 0.6) is 5.75 Å². The molecular formula is C13H15BN2O3S. The predicted octanol–water partition coefficient (Wildman–Crippen LogP) is 0.766. The summed E-state index contributed by atoms with van der Waals surface area (Å²) < 4.78 is 5.16. The Morgan fingerprint density at radius 1 is 1.30 bits per heavy atom. The fourth-order valence-corrected chi connectivity index (χ4v) is 2.60. The van der Waals surface area contributed by atoms with Gasteiger partial charge >= 0.3 is 7.12 Å². The van der Waals surface area contributed by atoms with E-state index in [2.05, 4.69) is 9.97 Å². The molecule has 1 heterocycles. The molecule has 1 aromatic heterocycles. The lowest BCUT2D eigenvalue weighted by Gasteiger charge is -2.10. The van der Waals surface area contributed by atoms with E-state index in [-0.39, 0.29) is 0 Å². The van der Waals surface area contributed by atoms with Crippen LogP contribution in [0.3, 0.4) is 0 Å². The van der Waals surface area contributed by atoms with Crippen LogP contribution in [0.25, 0.3) is 0 Å². The number of aromatic nitrogens is 2. The summed E-state index contributed by atoms with van der Waals surface area (Å²) in [5.74, 6) is 1.21. The van der Waals surface area contributed by atoms with E-state index in [0.717, 1.165) is 11.3 Å². The van der Waals surface area contributed by atoms with Gasteiger partial charge in [-0.1, -0.05) is 17.8 Å². The third-order valence-electron chi connectivity index (χ3n) is 2.76. The van der Waals surface area contributed by atoms with Crippen LogP contribution in [-0.4, -0.2) is 34.2 Å². The Labute approximate surface area is 122 Å². The molecule has 5 nitrogen and oxygen atoms in total. The van der Waals surface area contributed by atoms with Crippen LogP contribution in [0, 0.1) is 6.92 Å². The molecule has 1 aromatic carbocycles. The number of hydrogen-bond acceptors (Lipinski definition) is 6. The van der Waals surface area contributed by atoms with Crippen molar-refractivity contribution < 1.29 is 14.8 Å². The first-order valence-electron chi connectivity index (χ1n) is 6.05. The highest BCUT2D eigenvalue weighted by Crippen LogP contribution is 2.21. The van der Waals surface area contributed by atoms with Gasteiger partial charge in [-0.2, -0.15) is 0 Å². The molecule has 104 valence electrons. The third-order valence-corrected chi connectivity index (χ3v) is 3.67. The Morgan fingerprint density at radius 3 is 2.75 bits per heavy atom. The molecule has 0 saturated carbocycles. The molecule has 0 aliphatic heterocycles. The lowest BCUT2D eigenvalue weighted by atomic mass is 9.77. The van der Waals surface area contributed by atoms with E-state index in [4.69, 9.17) is 4.74 Å². The summed E-state index contributed by atoms with van der Waals surface area (Å²) >= 11 is 1.44. The van der Waals surface area contributed by atoms with Gasteiger partial charge in [0.2, 0.25) is 0 Å². The van der Waals surface area contributed by atoms with Crippen LogP contribution in [0.15, 0.2) is 35.6 Å². The van der Waals surface area contributed by atoms with E-state index < -0.39 is 7.12 Å². The number of aryl methyl sites for hydroxylation is 1. The normalized spacial score (nSPS) is 10.4. The Balaban J connectivity index is 2.19. The van der Waals surface area contributed by atoms with Crippen LogP contribution < -0.4 is 10.2 Å². The fourth-order valence-electron chi connectivity index (χ4n) is 1.72. The van der Waals surface area contributed by atoms with Gasteiger partial charge < -0.3 is 14.8 Å². The molecule has 0 aliphatic carbocycles. The van der Waals surface area contributed by atoms with Gasteiger partial charge in [0.1, 0.15) is 5.75 Å². The largest absolute Gasteiger partial charge is 0.497 e. The molecule has 2 N–H and O–H groups in total. The number of thioether (sulfide) groups is 1. The van der Waals surface area contributed by atoms with Crippen LogP contribution in [0.4, 0.5) is 0 Å². The maximum Gasteiger partial charge on any atom is 0.488 e. The first-order valence-corrected chi connectivity index (χ1v) is 7.04. The maximum atomic E-state index is 9.38. The van der Waals surface area contributed by atoms with Crippen molar-refractivity contribution >= 4 is 24.3 Å². The van der Waals surface area contributed by atoms with E-state index in [1.54, 1.807) is 31.5 Å². The van der Waals surface area contributed by atoms with Gasteiger partial charge in [-0.3, -0.25) is 0 Å². The van der Waals surface area contributed by atoms with Crippen molar-refractivity contribution in [2.75, 3.05) is 7.11 Å². The molecule has 0 saturated heterocycles. The second kappa shape index (κ2) is 6.74. The smallest absolute Gasteiger partial charge is 0.488 e. The standard InChI is InChI=1S/C13H15BN2O3S/c1-9-5-6-15-13(16-9)20-8-10-7-11(19-2)3-4-12(10)14(17)18/h3-7,17-18H,8H2,1-2H3. The van der Waals surface area contributed by atoms with Crippen molar-refractivity contribution in [3.05, 3.63) is 41.7 Å². The van der Waals surface area contributed by atoms with Crippen LogP contribution in [0.1, 0.15) is 11.3 Å². The number of rotatable bonds is 5. The summed E-state index contributed by atoms with van der Waals surface area (Å²) in [5.41, 5.74) is 2.15. The Bertz CT molecular complexity index is 596. The van der Waals surface area contributed by atoms with Gasteiger partial charge in [0.25, 0.3) is 0 Å².